The highest BCUT2D eigenvalue weighted by Gasteiger charge is 2.13. The van der Waals surface area contributed by atoms with Gasteiger partial charge in [-0.15, -0.1) is 11.8 Å². The fourth-order valence-electron chi connectivity index (χ4n) is 1.14. The second-order valence-electron chi connectivity index (χ2n) is 3.69. The fraction of sp³-hybridized carbons (Fsp3) is 0.364. The van der Waals surface area contributed by atoms with E-state index in [-0.39, 0.29) is 11.8 Å². The molecule has 4 nitrogen and oxygen atoms in total. The lowest BCUT2D eigenvalue weighted by atomic mass is 10.3. The van der Waals surface area contributed by atoms with Gasteiger partial charge < -0.3 is 5.32 Å². The number of thioether (sulfide) groups is 1. The minimum Gasteiger partial charge on any atom is -0.303 e. The first-order valence-electron chi connectivity index (χ1n) is 5.19. The number of hydrogen-bond donors (Lipinski definition) is 2. The fourth-order valence-corrected chi connectivity index (χ4v) is 1.73. The molecule has 0 saturated heterocycles. The summed E-state index contributed by atoms with van der Waals surface area (Å²) in [6, 6.07) is 1.13. The molecule has 0 spiro atoms. The van der Waals surface area contributed by atoms with Crippen LogP contribution in [0, 0.1) is 11.6 Å². The van der Waals surface area contributed by atoms with E-state index >= 15 is 0 Å². The molecule has 0 aliphatic heterocycles. The van der Waals surface area contributed by atoms with E-state index in [2.05, 4.69) is 10.8 Å². The van der Waals surface area contributed by atoms with Gasteiger partial charge in [-0.25, -0.2) is 19.1 Å². The van der Waals surface area contributed by atoms with Crippen LogP contribution in [0.15, 0.2) is 17.0 Å². The molecule has 0 bridgehead atoms. The number of hydroxylamine groups is 1. The zero-order valence-corrected chi connectivity index (χ0v) is 11.0. The van der Waals surface area contributed by atoms with Gasteiger partial charge >= 0.3 is 6.03 Å². The van der Waals surface area contributed by atoms with Gasteiger partial charge in [0.25, 0.3) is 0 Å². The molecule has 0 aliphatic rings. The van der Waals surface area contributed by atoms with Gasteiger partial charge in [0, 0.05) is 11.0 Å². The molecule has 0 atom stereocenters. The predicted molar refractivity (Wildman–Crippen MR) is 66.5 cm³/mol. The Kier molecular flexibility index (Phi) is 5.36. The zero-order chi connectivity index (χ0) is 13.7. The quantitative estimate of drug-likeness (QED) is 0.656. The van der Waals surface area contributed by atoms with Gasteiger partial charge in [0.05, 0.1) is 11.8 Å². The minimum absolute atomic E-state index is 0.0752. The third-order valence-corrected chi connectivity index (χ3v) is 2.63. The van der Waals surface area contributed by atoms with Crippen molar-refractivity contribution in [3.05, 3.63) is 23.8 Å². The van der Waals surface area contributed by atoms with Gasteiger partial charge in [-0.3, -0.25) is 4.84 Å². The van der Waals surface area contributed by atoms with Crippen molar-refractivity contribution < 1.29 is 18.4 Å². The number of hydrogen-bond acceptors (Lipinski definition) is 3. The summed E-state index contributed by atoms with van der Waals surface area (Å²) in [5.41, 5.74) is 2.03. The maximum absolute atomic E-state index is 13.5. The summed E-state index contributed by atoms with van der Waals surface area (Å²) < 4.78 is 26.5. The Morgan fingerprint density at radius 2 is 2.06 bits per heavy atom. The molecule has 7 heteroatoms. The first-order valence-corrected chi connectivity index (χ1v) is 6.42. The lowest BCUT2D eigenvalue weighted by Crippen LogP contribution is -2.31. The molecule has 0 aromatic heterocycles. The first kappa shape index (κ1) is 14.7. The third kappa shape index (κ3) is 4.15. The Bertz CT molecular complexity index is 441. The normalized spacial score (nSPS) is 10.6. The Labute approximate surface area is 108 Å². The summed E-state index contributed by atoms with van der Waals surface area (Å²) in [6.45, 7) is 3.46. The average Bonchev–Trinajstić information content (AvgIpc) is 2.29. The third-order valence-electron chi connectivity index (χ3n) is 1.86. The Morgan fingerprint density at radius 1 is 1.39 bits per heavy atom. The molecule has 0 unspecified atom stereocenters. The molecular weight excluding hydrogens is 262 g/mol. The van der Waals surface area contributed by atoms with Crippen LogP contribution in [0.2, 0.25) is 0 Å². The number of urea groups is 1. The number of carbonyl (C=O) groups is 1. The van der Waals surface area contributed by atoms with Crippen molar-refractivity contribution in [1.29, 1.82) is 0 Å². The number of amides is 2. The molecular formula is C11H14F2N2O2S. The number of rotatable bonds is 4. The van der Waals surface area contributed by atoms with Gasteiger partial charge in [-0.1, -0.05) is 0 Å². The number of halogens is 2. The monoisotopic (exact) mass is 276 g/mol. The average molecular weight is 276 g/mol. The van der Waals surface area contributed by atoms with E-state index in [9.17, 15) is 13.6 Å². The highest BCUT2D eigenvalue weighted by molar-refractivity contribution is 7.98. The molecule has 1 aromatic carbocycles. The van der Waals surface area contributed by atoms with Crippen molar-refractivity contribution in [2.24, 2.45) is 0 Å². The van der Waals surface area contributed by atoms with Crippen molar-refractivity contribution in [3.8, 4) is 0 Å². The molecule has 2 amide bonds. The maximum Gasteiger partial charge on any atom is 0.343 e. The molecule has 0 heterocycles. The largest absolute Gasteiger partial charge is 0.343 e. The van der Waals surface area contributed by atoms with Gasteiger partial charge in [0.2, 0.25) is 0 Å². The highest BCUT2D eigenvalue weighted by atomic mass is 32.2. The van der Waals surface area contributed by atoms with Crippen molar-refractivity contribution in [1.82, 2.24) is 5.48 Å². The second kappa shape index (κ2) is 6.55. The van der Waals surface area contributed by atoms with Crippen molar-refractivity contribution in [2.75, 3.05) is 11.6 Å². The lowest BCUT2D eigenvalue weighted by Gasteiger charge is -2.12. The van der Waals surface area contributed by atoms with E-state index in [1.807, 2.05) is 0 Å². The van der Waals surface area contributed by atoms with Crippen LogP contribution in [0.5, 0.6) is 0 Å². The molecule has 0 saturated carbocycles. The van der Waals surface area contributed by atoms with E-state index in [1.54, 1.807) is 20.1 Å². The van der Waals surface area contributed by atoms with E-state index in [0.717, 1.165) is 17.8 Å². The van der Waals surface area contributed by atoms with Gasteiger partial charge in [0.1, 0.15) is 5.82 Å². The Balaban J connectivity index is 2.80. The van der Waals surface area contributed by atoms with Crippen LogP contribution in [0.1, 0.15) is 13.8 Å². The Morgan fingerprint density at radius 3 is 2.61 bits per heavy atom. The second-order valence-corrected chi connectivity index (χ2v) is 4.54. The Hall–Kier alpha value is -1.34. The van der Waals surface area contributed by atoms with Crippen LogP contribution >= 0.6 is 11.8 Å². The molecule has 0 fully saturated rings. The van der Waals surface area contributed by atoms with Crippen LogP contribution in [-0.4, -0.2) is 18.4 Å². The van der Waals surface area contributed by atoms with E-state index in [4.69, 9.17) is 4.84 Å². The van der Waals surface area contributed by atoms with Crippen LogP contribution in [0.25, 0.3) is 0 Å². The number of anilines is 1. The van der Waals surface area contributed by atoms with Gasteiger partial charge in [-0.2, -0.15) is 0 Å². The van der Waals surface area contributed by atoms with Crippen LogP contribution in [-0.2, 0) is 4.84 Å². The molecule has 0 aliphatic carbocycles. The van der Waals surface area contributed by atoms with Crippen LogP contribution in [0.3, 0.4) is 0 Å². The van der Waals surface area contributed by atoms with Crippen molar-refractivity contribution in [3.63, 3.8) is 0 Å². The minimum atomic E-state index is -0.834. The molecule has 2 N–H and O–H groups in total. The van der Waals surface area contributed by atoms with Crippen molar-refractivity contribution >= 4 is 23.5 Å². The highest BCUT2D eigenvalue weighted by Crippen LogP contribution is 2.29. The molecule has 1 aromatic rings. The van der Waals surface area contributed by atoms with E-state index in [1.165, 1.54) is 0 Å². The topological polar surface area (TPSA) is 50.4 Å². The number of benzene rings is 1. The predicted octanol–water partition coefficient (Wildman–Crippen LogP) is 3.15. The van der Waals surface area contributed by atoms with Crippen LogP contribution < -0.4 is 10.8 Å². The smallest absolute Gasteiger partial charge is 0.303 e. The first-order chi connectivity index (χ1) is 8.43. The molecule has 100 valence electrons. The van der Waals surface area contributed by atoms with Crippen molar-refractivity contribution in [2.45, 2.75) is 24.8 Å². The number of carbonyl (C=O) groups excluding carboxylic acids is 1. The van der Waals surface area contributed by atoms with E-state index in [0.29, 0.717) is 11.0 Å². The molecule has 0 radical (unpaired) electrons. The maximum atomic E-state index is 13.5. The molecule has 18 heavy (non-hydrogen) atoms. The summed E-state index contributed by atoms with van der Waals surface area (Å²) in [7, 11) is 0. The number of nitrogens with one attached hydrogen (secondary N) is 2. The summed E-state index contributed by atoms with van der Waals surface area (Å²) in [6.07, 6.45) is 1.45. The summed E-state index contributed by atoms with van der Waals surface area (Å²) in [5.74, 6) is -1.53. The van der Waals surface area contributed by atoms with E-state index < -0.39 is 17.7 Å². The van der Waals surface area contributed by atoms with Crippen LogP contribution in [0.4, 0.5) is 19.3 Å². The lowest BCUT2D eigenvalue weighted by molar-refractivity contribution is 0.0198. The zero-order valence-electron chi connectivity index (χ0n) is 10.2. The molecule has 1 rings (SSSR count). The standard InChI is InChI=1S/C11H14F2N2O2S/c1-6(2)17-15-11(16)14-10-8(13)4-7(12)5-9(10)18-3/h4-6H,1-3H3,(H2,14,15,16). The van der Waals surface area contributed by atoms with Gasteiger partial charge in [0.15, 0.2) is 5.82 Å². The summed E-state index contributed by atoms with van der Waals surface area (Å²) >= 11 is 1.13. The summed E-state index contributed by atoms with van der Waals surface area (Å²) in [5, 5.41) is 2.27. The SMILES string of the molecule is CSc1cc(F)cc(F)c1NC(=O)NOC(C)C. The van der Waals surface area contributed by atoms with Gasteiger partial charge in [-0.05, 0) is 26.2 Å². The summed E-state index contributed by atoms with van der Waals surface area (Å²) in [4.78, 5) is 16.6.